The summed E-state index contributed by atoms with van der Waals surface area (Å²) in [6.07, 6.45) is 4.91. The van der Waals surface area contributed by atoms with E-state index in [4.69, 9.17) is 0 Å². The highest BCUT2D eigenvalue weighted by molar-refractivity contribution is 5.95. The van der Waals surface area contributed by atoms with Crippen LogP contribution >= 0.6 is 0 Å². The van der Waals surface area contributed by atoms with Crippen LogP contribution in [0.4, 0.5) is 21.9 Å². The van der Waals surface area contributed by atoms with Crippen LogP contribution in [-0.2, 0) is 9.59 Å². The smallest absolute Gasteiger partial charge is 0.321 e. The third-order valence-corrected chi connectivity index (χ3v) is 7.20. The van der Waals surface area contributed by atoms with Gasteiger partial charge in [-0.15, -0.1) is 0 Å². The number of anilines is 3. The molecule has 37 heavy (non-hydrogen) atoms. The molecule has 1 aliphatic carbocycles. The van der Waals surface area contributed by atoms with Crippen molar-refractivity contribution in [3.63, 3.8) is 0 Å². The summed E-state index contributed by atoms with van der Waals surface area (Å²) in [6, 6.07) is 15.5. The lowest BCUT2D eigenvalue weighted by atomic mass is 10.1. The lowest BCUT2D eigenvalue weighted by molar-refractivity contribution is -0.138. The Kier molecular flexibility index (Phi) is 9.04. The maximum Gasteiger partial charge on any atom is 0.321 e. The van der Waals surface area contributed by atoms with Crippen LogP contribution in [0.15, 0.2) is 48.5 Å². The number of urea groups is 1. The Morgan fingerprint density at radius 2 is 1.62 bits per heavy atom. The zero-order chi connectivity index (χ0) is 26.2. The molecule has 0 atom stereocenters. The van der Waals surface area contributed by atoms with Crippen LogP contribution < -0.4 is 15.5 Å². The average molecular weight is 506 g/mol. The number of nitrogens with one attached hydrogen (secondary N) is 2. The van der Waals surface area contributed by atoms with Crippen LogP contribution in [0.5, 0.6) is 0 Å². The summed E-state index contributed by atoms with van der Waals surface area (Å²) in [5.74, 6) is 0.0325. The molecule has 1 saturated heterocycles. The van der Waals surface area contributed by atoms with Gasteiger partial charge in [-0.2, -0.15) is 0 Å². The molecule has 0 unspecified atom stereocenters. The number of hydrogen-bond acceptors (Lipinski definition) is 4. The van der Waals surface area contributed by atoms with Gasteiger partial charge in [0.25, 0.3) is 0 Å². The number of amides is 4. The van der Waals surface area contributed by atoms with Gasteiger partial charge in [-0.3, -0.25) is 9.59 Å². The van der Waals surface area contributed by atoms with Crippen molar-refractivity contribution in [1.29, 1.82) is 0 Å². The predicted octanol–water partition coefficient (Wildman–Crippen LogP) is 4.72. The molecule has 2 fully saturated rings. The molecule has 4 rings (SSSR count). The summed E-state index contributed by atoms with van der Waals surface area (Å²) in [6.45, 7) is 7.49. The second-order valence-corrected chi connectivity index (χ2v) is 10.1. The van der Waals surface area contributed by atoms with Gasteiger partial charge in [0.05, 0.1) is 6.54 Å². The Morgan fingerprint density at radius 1 is 0.919 bits per heavy atom. The number of nitrogens with zero attached hydrogens (tertiary/aromatic N) is 3. The van der Waals surface area contributed by atoms with E-state index in [0.29, 0.717) is 19.6 Å². The minimum atomic E-state index is -0.166. The predicted molar refractivity (Wildman–Crippen MR) is 148 cm³/mol. The van der Waals surface area contributed by atoms with Gasteiger partial charge >= 0.3 is 6.03 Å². The van der Waals surface area contributed by atoms with Gasteiger partial charge in [-0.25, -0.2) is 4.79 Å². The minimum Gasteiger partial charge on any atom is -0.368 e. The zero-order valence-electron chi connectivity index (χ0n) is 22.0. The largest absolute Gasteiger partial charge is 0.368 e. The van der Waals surface area contributed by atoms with E-state index in [-0.39, 0.29) is 30.3 Å². The van der Waals surface area contributed by atoms with Crippen LogP contribution in [0.1, 0.15) is 44.6 Å². The SMILES string of the molecule is CCCN(CC(=O)Nc1ccc(N2CCN(C(=O)Nc3cccc(C)c3)CC2)cc1)C(=O)C1CCCC1. The Hall–Kier alpha value is -3.55. The van der Waals surface area contributed by atoms with Crippen molar-refractivity contribution >= 4 is 34.9 Å². The van der Waals surface area contributed by atoms with Crippen LogP contribution in [0.3, 0.4) is 0 Å². The maximum absolute atomic E-state index is 12.8. The maximum atomic E-state index is 12.8. The van der Waals surface area contributed by atoms with Gasteiger partial charge in [0.2, 0.25) is 11.8 Å². The molecule has 2 aromatic rings. The highest BCUT2D eigenvalue weighted by atomic mass is 16.2. The average Bonchev–Trinajstić information content (AvgIpc) is 3.44. The summed E-state index contributed by atoms with van der Waals surface area (Å²) >= 11 is 0. The van der Waals surface area contributed by atoms with E-state index >= 15 is 0 Å². The fourth-order valence-electron chi connectivity index (χ4n) is 5.19. The van der Waals surface area contributed by atoms with Crippen molar-refractivity contribution < 1.29 is 14.4 Å². The molecule has 1 aliphatic heterocycles. The van der Waals surface area contributed by atoms with Crippen LogP contribution in [0.25, 0.3) is 0 Å². The number of rotatable bonds is 8. The van der Waals surface area contributed by atoms with Crippen molar-refractivity contribution in [3.8, 4) is 0 Å². The monoisotopic (exact) mass is 505 g/mol. The van der Waals surface area contributed by atoms with E-state index in [0.717, 1.165) is 67.8 Å². The first-order chi connectivity index (χ1) is 17.9. The third kappa shape index (κ3) is 7.24. The molecule has 2 aromatic carbocycles. The molecular weight excluding hydrogens is 466 g/mol. The Labute approximate surface area is 220 Å². The summed E-state index contributed by atoms with van der Waals surface area (Å²) in [4.78, 5) is 43.9. The number of hydrogen-bond donors (Lipinski definition) is 2. The summed E-state index contributed by atoms with van der Waals surface area (Å²) in [5, 5.41) is 5.92. The number of benzene rings is 2. The van der Waals surface area contributed by atoms with Gasteiger partial charge in [-0.1, -0.05) is 31.9 Å². The van der Waals surface area contributed by atoms with Gasteiger partial charge < -0.3 is 25.3 Å². The molecule has 2 N–H and O–H groups in total. The highest BCUT2D eigenvalue weighted by Crippen LogP contribution is 2.27. The Balaban J connectivity index is 1.25. The van der Waals surface area contributed by atoms with Crippen molar-refractivity contribution in [3.05, 3.63) is 54.1 Å². The molecule has 1 heterocycles. The van der Waals surface area contributed by atoms with E-state index in [2.05, 4.69) is 15.5 Å². The third-order valence-electron chi connectivity index (χ3n) is 7.20. The van der Waals surface area contributed by atoms with Crippen molar-refractivity contribution in [1.82, 2.24) is 9.80 Å². The van der Waals surface area contributed by atoms with Gasteiger partial charge in [0.15, 0.2) is 0 Å². The Bertz CT molecular complexity index is 1070. The molecule has 2 aliphatic rings. The van der Waals surface area contributed by atoms with E-state index in [9.17, 15) is 14.4 Å². The van der Waals surface area contributed by atoms with Crippen molar-refractivity contribution in [2.24, 2.45) is 5.92 Å². The topological polar surface area (TPSA) is 85.0 Å². The minimum absolute atomic E-state index is 0.0766. The summed E-state index contributed by atoms with van der Waals surface area (Å²) in [5.41, 5.74) is 3.69. The lowest BCUT2D eigenvalue weighted by Crippen LogP contribution is -2.50. The molecular formula is C29H39N5O3. The zero-order valence-corrected chi connectivity index (χ0v) is 22.0. The van der Waals surface area contributed by atoms with E-state index < -0.39 is 0 Å². The first kappa shape index (κ1) is 26.5. The molecule has 8 heteroatoms. The van der Waals surface area contributed by atoms with Crippen LogP contribution in [0.2, 0.25) is 0 Å². The molecule has 1 saturated carbocycles. The number of carbonyl (C=O) groups is 3. The summed E-state index contributed by atoms with van der Waals surface area (Å²) in [7, 11) is 0. The molecule has 0 radical (unpaired) electrons. The number of carbonyl (C=O) groups excluding carboxylic acids is 3. The van der Waals surface area contributed by atoms with Crippen molar-refractivity contribution in [2.45, 2.75) is 46.0 Å². The number of aryl methyl sites for hydroxylation is 1. The normalized spacial score (nSPS) is 15.9. The van der Waals surface area contributed by atoms with Crippen molar-refractivity contribution in [2.75, 3.05) is 54.8 Å². The first-order valence-corrected chi connectivity index (χ1v) is 13.5. The van der Waals surface area contributed by atoms with Crippen LogP contribution in [0, 0.1) is 12.8 Å². The van der Waals surface area contributed by atoms with E-state index in [1.807, 2.05) is 67.3 Å². The molecule has 0 aromatic heterocycles. The molecule has 4 amide bonds. The molecule has 8 nitrogen and oxygen atoms in total. The Morgan fingerprint density at radius 3 is 2.27 bits per heavy atom. The first-order valence-electron chi connectivity index (χ1n) is 13.5. The summed E-state index contributed by atoms with van der Waals surface area (Å²) < 4.78 is 0. The van der Waals surface area contributed by atoms with E-state index in [1.165, 1.54) is 0 Å². The fourth-order valence-corrected chi connectivity index (χ4v) is 5.19. The van der Waals surface area contributed by atoms with Gasteiger partial charge in [0, 0.05) is 55.7 Å². The quantitative estimate of drug-likeness (QED) is 0.544. The standard InChI is InChI=1S/C29H39N5O3/c1-3-15-34(28(36)23-8-4-5-9-23)21-27(35)30-24-11-13-26(14-12-24)32-16-18-33(19-17-32)29(37)31-25-10-6-7-22(2)20-25/h6-7,10-14,20,23H,3-5,8-9,15-19,21H2,1-2H3,(H,30,35)(H,31,37). The second kappa shape index (κ2) is 12.6. The molecule has 198 valence electrons. The van der Waals surface area contributed by atoms with Gasteiger partial charge in [0.1, 0.15) is 0 Å². The highest BCUT2D eigenvalue weighted by Gasteiger charge is 2.28. The van der Waals surface area contributed by atoms with E-state index in [1.54, 1.807) is 4.90 Å². The molecule has 0 bridgehead atoms. The molecule has 0 spiro atoms. The lowest BCUT2D eigenvalue weighted by Gasteiger charge is -2.36. The second-order valence-electron chi connectivity index (χ2n) is 10.1. The van der Waals surface area contributed by atoms with Gasteiger partial charge in [-0.05, 0) is 68.1 Å². The van der Waals surface area contributed by atoms with Crippen LogP contribution in [-0.4, -0.2) is 66.9 Å². The fraction of sp³-hybridized carbons (Fsp3) is 0.483. The number of piperazine rings is 1.